The van der Waals surface area contributed by atoms with Gasteiger partial charge in [-0.1, -0.05) is 25.1 Å². The second kappa shape index (κ2) is 6.36. The van der Waals surface area contributed by atoms with Gasteiger partial charge in [-0.3, -0.25) is 4.79 Å². The first kappa shape index (κ1) is 14.9. The van der Waals surface area contributed by atoms with Crippen LogP contribution in [0.2, 0.25) is 0 Å². The molecule has 22 heavy (non-hydrogen) atoms. The molecule has 0 aliphatic heterocycles. The molecule has 2 aromatic carbocycles. The van der Waals surface area contributed by atoms with Gasteiger partial charge < -0.3 is 9.73 Å². The molecule has 3 rings (SSSR count). The van der Waals surface area contributed by atoms with Crippen molar-refractivity contribution in [2.45, 2.75) is 19.8 Å². The summed E-state index contributed by atoms with van der Waals surface area (Å²) in [5.41, 5.74) is 3.74. The molecule has 1 aromatic heterocycles. The normalized spacial score (nSPS) is 10.8. The highest BCUT2D eigenvalue weighted by Gasteiger charge is 2.12. The minimum Gasteiger partial charge on any atom is -0.464 e. The average molecular weight is 358 g/mol. The van der Waals surface area contributed by atoms with Crippen LogP contribution < -0.4 is 5.32 Å². The van der Waals surface area contributed by atoms with Crippen LogP contribution in [-0.2, 0) is 17.6 Å². The molecule has 1 heterocycles. The number of amides is 1. The van der Waals surface area contributed by atoms with Gasteiger partial charge >= 0.3 is 0 Å². The van der Waals surface area contributed by atoms with Gasteiger partial charge in [0.15, 0.2) is 0 Å². The molecule has 0 aliphatic rings. The van der Waals surface area contributed by atoms with E-state index in [1.165, 1.54) is 5.56 Å². The number of nitrogens with one attached hydrogen (secondary N) is 1. The monoisotopic (exact) mass is 357 g/mol. The Morgan fingerprint density at radius 3 is 2.82 bits per heavy atom. The highest BCUT2D eigenvalue weighted by Crippen LogP contribution is 2.25. The van der Waals surface area contributed by atoms with Gasteiger partial charge in [-0.15, -0.1) is 0 Å². The molecule has 0 spiro atoms. The summed E-state index contributed by atoms with van der Waals surface area (Å²) in [5, 5.41) is 3.93. The molecule has 0 saturated carbocycles. The number of hydrogen-bond donors (Lipinski definition) is 1. The molecular formula is C18H16BrNO2. The smallest absolute Gasteiger partial charge is 0.228 e. The molecule has 1 amide bonds. The molecule has 0 fully saturated rings. The third-order valence-corrected chi connectivity index (χ3v) is 4.32. The number of anilines is 1. The largest absolute Gasteiger partial charge is 0.464 e. The molecule has 3 nitrogen and oxygen atoms in total. The number of furan rings is 1. The lowest BCUT2D eigenvalue weighted by molar-refractivity contribution is -0.115. The van der Waals surface area contributed by atoms with Crippen LogP contribution in [0.4, 0.5) is 5.69 Å². The fraction of sp³-hybridized carbons (Fsp3) is 0.167. The van der Waals surface area contributed by atoms with Crippen molar-refractivity contribution in [2.24, 2.45) is 0 Å². The van der Waals surface area contributed by atoms with Crippen LogP contribution in [0.3, 0.4) is 0 Å². The molecule has 112 valence electrons. The van der Waals surface area contributed by atoms with Crippen molar-refractivity contribution >= 4 is 38.5 Å². The second-order valence-corrected chi connectivity index (χ2v) is 6.00. The van der Waals surface area contributed by atoms with Crippen molar-refractivity contribution in [3.05, 3.63) is 64.3 Å². The van der Waals surface area contributed by atoms with Crippen LogP contribution in [-0.4, -0.2) is 5.91 Å². The molecule has 0 unspecified atom stereocenters. The maximum atomic E-state index is 12.3. The van der Waals surface area contributed by atoms with Crippen molar-refractivity contribution in [3.8, 4) is 0 Å². The molecule has 3 aromatic rings. The van der Waals surface area contributed by atoms with Gasteiger partial charge in [-0.25, -0.2) is 0 Å². The Morgan fingerprint density at radius 1 is 1.23 bits per heavy atom. The van der Waals surface area contributed by atoms with E-state index in [2.05, 4.69) is 40.3 Å². The third-order valence-electron chi connectivity index (χ3n) is 3.63. The maximum Gasteiger partial charge on any atom is 0.228 e. The number of rotatable bonds is 4. The molecule has 0 saturated heterocycles. The van der Waals surface area contributed by atoms with Gasteiger partial charge in [-0.05, 0) is 52.2 Å². The van der Waals surface area contributed by atoms with Crippen LogP contribution in [0.1, 0.15) is 18.1 Å². The summed E-state index contributed by atoms with van der Waals surface area (Å²) >= 11 is 3.43. The summed E-state index contributed by atoms with van der Waals surface area (Å²) in [6, 6.07) is 13.7. The van der Waals surface area contributed by atoms with Crippen LogP contribution >= 0.6 is 15.9 Å². The van der Waals surface area contributed by atoms with Gasteiger partial charge in [-0.2, -0.15) is 0 Å². The summed E-state index contributed by atoms with van der Waals surface area (Å²) in [6.07, 6.45) is 2.93. The minimum absolute atomic E-state index is 0.0588. The summed E-state index contributed by atoms with van der Waals surface area (Å²) in [4.78, 5) is 12.3. The number of halogens is 1. The van der Waals surface area contributed by atoms with Crippen molar-refractivity contribution in [2.75, 3.05) is 5.32 Å². The number of carbonyl (C=O) groups excluding carboxylic acids is 1. The Labute approximate surface area is 137 Å². The first-order chi connectivity index (χ1) is 10.7. The molecular weight excluding hydrogens is 342 g/mol. The van der Waals surface area contributed by atoms with Crippen LogP contribution in [0.5, 0.6) is 0 Å². The number of aryl methyl sites for hydroxylation is 1. The summed E-state index contributed by atoms with van der Waals surface area (Å²) in [7, 11) is 0. The first-order valence-corrected chi connectivity index (χ1v) is 8.00. The zero-order valence-electron chi connectivity index (χ0n) is 12.2. The summed E-state index contributed by atoms with van der Waals surface area (Å²) in [6.45, 7) is 2.11. The zero-order valence-corrected chi connectivity index (χ0v) is 13.8. The Bertz CT molecular complexity index is 823. The van der Waals surface area contributed by atoms with E-state index >= 15 is 0 Å². The standard InChI is InChI=1S/C18H16BrNO2/c1-2-12-7-8-17-14(9-12)13(11-22-17)10-18(21)20-16-6-4-3-5-15(16)19/h3-9,11H,2,10H2,1H3,(H,20,21). The molecule has 0 bridgehead atoms. The Hall–Kier alpha value is -2.07. The van der Waals surface area contributed by atoms with E-state index in [1.807, 2.05) is 30.3 Å². The van der Waals surface area contributed by atoms with Crippen molar-refractivity contribution in [1.82, 2.24) is 0 Å². The van der Waals surface area contributed by atoms with Gasteiger partial charge in [0, 0.05) is 15.4 Å². The first-order valence-electron chi connectivity index (χ1n) is 7.20. The van der Waals surface area contributed by atoms with Crippen molar-refractivity contribution < 1.29 is 9.21 Å². The van der Waals surface area contributed by atoms with E-state index in [1.54, 1.807) is 6.26 Å². The van der Waals surface area contributed by atoms with Gasteiger partial charge in [0.1, 0.15) is 5.58 Å². The minimum atomic E-state index is -0.0588. The van der Waals surface area contributed by atoms with Crippen molar-refractivity contribution in [1.29, 1.82) is 0 Å². The summed E-state index contributed by atoms with van der Waals surface area (Å²) in [5.74, 6) is -0.0588. The van der Waals surface area contributed by atoms with E-state index in [0.717, 1.165) is 33.1 Å². The topological polar surface area (TPSA) is 42.2 Å². The van der Waals surface area contributed by atoms with Gasteiger partial charge in [0.2, 0.25) is 5.91 Å². The molecule has 1 N–H and O–H groups in total. The number of fused-ring (bicyclic) bond motifs is 1. The Kier molecular flexibility index (Phi) is 4.29. The molecule has 0 radical (unpaired) electrons. The fourth-order valence-electron chi connectivity index (χ4n) is 2.42. The molecule has 0 atom stereocenters. The molecule has 4 heteroatoms. The van der Waals surface area contributed by atoms with Crippen molar-refractivity contribution in [3.63, 3.8) is 0 Å². The van der Waals surface area contributed by atoms with Crippen LogP contribution in [0.15, 0.2) is 57.6 Å². The predicted molar refractivity (Wildman–Crippen MR) is 92.1 cm³/mol. The lowest BCUT2D eigenvalue weighted by Crippen LogP contribution is -2.14. The Morgan fingerprint density at radius 2 is 2.05 bits per heavy atom. The number of benzene rings is 2. The van der Waals surface area contributed by atoms with Crippen LogP contribution in [0.25, 0.3) is 11.0 Å². The van der Waals surface area contributed by atoms with E-state index in [4.69, 9.17) is 4.42 Å². The predicted octanol–water partition coefficient (Wildman–Crippen LogP) is 4.94. The van der Waals surface area contributed by atoms with Gasteiger partial charge in [0.25, 0.3) is 0 Å². The fourth-order valence-corrected chi connectivity index (χ4v) is 2.80. The Balaban J connectivity index is 1.81. The lowest BCUT2D eigenvalue weighted by Gasteiger charge is -2.06. The lowest BCUT2D eigenvalue weighted by atomic mass is 10.1. The van der Waals surface area contributed by atoms with E-state index in [0.29, 0.717) is 6.42 Å². The van der Waals surface area contributed by atoms with E-state index in [-0.39, 0.29) is 5.91 Å². The van der Waals surface area contributed by atoms with Gasteiger partial charge in [0.05, 0.1) is 18.4 Å². The van der Waals surface area contributed by atoms with E-state index in [9.17, 15) is 4.79 Å². The highest BCUT2D eigenvalue weighted by atomic mass is 79.9. The average Bonchev–Trinajstić information content (AvgIpc) is 2.91. The third kappa shape index (κ3) is 3.07. The van der Waals surface area contributed by atoms with Crippen LogP contribution in [0, 0.1) is 0 Å². The number of hydrogen-bond acceptors (Lipinski definition) is 2. The number of carbonyl (C=O) groups is 1. The molecule has 0 aliphatic carbocycles. The number of para-hydroxylation sites is 1. The second-order valence-electron chi connectivity index (χ2n) is 5.15. The quantitative estimate of drug-likeness (QED) is 0.718. The SMILES string of the molecule is CCc1ccc2occ(CC(=O)Nc3ccccc3Br)c2c1. The maximum absolute atomic E-state index is 12.3. The van der Waals surface area contributed by atoms with E-state index < -0.39 is 0 Å². The summed E-state index contributed by atoms with van der Waals surface area (Å²) < 4.78 is 6.40. The highest BCUT2D eigenvalue weighted by molar-refractivity contribution is 9.10. The zero-order chi connectivity index (χ0) is 15.5.